The lowest BCUT2D eigenvalue weighted by molar-refractivity contribution is 0.0989. The summed E-state index contributed by atoms with van der Waals surface area (Å²) in [5, 5.41) is 17.5. The van der Waals surface area contributed by atoms with Crippen LogP contribution in [0.2, 0.25) is 0 Å². The Morgan fingerprint density at radius 1 is 1.46 bits per heavy atom. The van der Waals surface area contributed by atoms with Crippen LogP contribution in [0.4, 0.5) is 0 Å². The molecule has 0 saturated heterocycles. The van der Waals surface area contributed by atoms with E-state index in [0.29, 0.717) is 0 Å². The Morgan fingerprint density at radius 3 is 2.54 bits per heavy atom. The smallest absolute Gasteiger partial charge is 0.184 e. The van der Waals surface area contributed by atoms with Crippen LogP contribution < -0.4 is 0 Å². The summed E-state index contributed by atoms with van der Waals surface area (Å²) in [4.78, 5) is 11.3. The summed E-state index contributed by atoms with van der Waals surface area (Å²) >= 11 is 5.55. The van der Waals surface area contributed by atoms with Crippen molar-refractivity contribution >= 4 is 17.4 Å². The van der Waals surface area contributed by atoms with E-state index in [2.05, 4.69) is 0 Å². The molecule has 1 aromatic rings. The van der Waals surface area contributed by atoms with E-state index in [9.17, 15) is 9.90 Å². The van der Waals surface area contributed by atoms with Gasteiger partial charge in [-0.2, -0.15) is 0 Å². The molecular weight excluding hydrogens is 192 g/mol. The van der Waals surface area contributed by atoms with Gasteiger partial charge in [0.05, 0.1) is 10.9 Å². The Labute approximate surface area is 80.6 Å². The number of hydrogen-bond acceptors (Lipinski definition) is 3. The summed E-state index contributed by atoms with van der Waals surface area (Å²) in [7, 11) is 0. The maximum atomic E-state index is 11.3. The molecule has 0 radical (unpaired) electrons. The summed E-state index contributed by atoms with van der Waals surface area (Å²) < 4.78 is 0. The summed E-state index contributed by atoms with van der Waals surface area (Å²) in [6, 6.07) is 3.77. The number of rotatable bonds is 2. The average Bonchev–Trinajstić information content (AvgIpc) is 2.03. The van der Waals surface area contributed by atoms with Gasteiger partial charge in [-0.15, -0.1) is 11.6 Å². The molecule has 4 heteroatoms. The van der Waals surface area contributed by atoms with Crippen molar-refractivity contribution in [3.8, 4) is 11.5 Å². The lowest BCUT2D eigenvalue weighted by atomic mass is 10.1. The van der Waals surface area contributed by atoms with E-state index in [1.165, 1.54) is 19.1 Å². The topological polar surface area (TPSA) is 57.5 Å². The summed E-state index contributed by atoms with van der Waals surface area (Å²) in [6.45, 7) is 1.52. The van der Waals surface area contributed by atoms with Crippen LogP contribution in [0.15, 0.2) is 18.2 Å². The molecule has 13 heavy (non-hydrogen) atoms. The second kappa shape index (κ2) is 3.66. The minimum absolute atomic E-state index is 0.0868. The number of Topliss-reactive ketones (excluding diaryl/α,β-unsaturated/α-hetero) is 1. The predicted molar refractivity (Wildman–Crippen MR) is 49.4 cm³/mol. The zero-order chi connectivity index (χ0) is 10.0. The SMILES string of the molecule is CC(Cl)C(=O)c1ccc(O)cc1O. The highest BCUT2D eigenvalue weighted by atomic mass is 35.5. The van der Waals surface area contributed by atoms with Crippen molar-refractivity contribution in [2.24, 2.45) is 0 Å². The Hall–Kier alpha value is -1.22. The zero-order valence-corrected chi connectivity index (χ0v) is 7.75. The molecule has 0 bridgehead atoms. The molecule has 1 atom stereocenters. The fraction of sp³-hybridized carbons (Fsp3) is 0.222. The van der Waals surface area contributed by atoms with Crippen LogP contribution in [0.25, 0.3) is 0 Å². The van der Waals surface area contributed by atoms with Gasteiger partial charge in [0.2, 0.25) is 0 Å². The lowest BCUT2D eigenvalue weighted by Gasteiger charge is -2.04. The molecule has 0 aromatic heterocycles. The Morgan fingerprint density at radius 2 is 2.08 bits per heavy atom. The normalized spacial score (nSPS) is 12.5. The molecule has 0 aliphatic rings. The monoisotopic (exact) mass is 200 g/mol. The third kappa shape index (κ3) is 2.12. The van der Waals surface area contributed by atoms with Crippen LogP contribution in [-0.4, -0.2) is 21.4 Å². The predicted octanol–water partition coefficient (Wildman–Crippen LogP) is 1.91. The van der Waals surface area contributed by atoms with Crippen molar-refractivity contribution in [1.82, 2.24) is 0 Å². The number of ketones is 1. The molecule has 1 rings (SSSR count). The fourth-order valence-electron chi connectivity index (χ4n) is 0.943. The number of hydrogen-bond donors (Lipinski definition) is 2. The van der Waals surface area contributed by atoms with Crippen molar-refractivity contribution in [3.63, 3.8) is 0 Å². The van der Waals surface area contributed by atoms with Crippen molar-refractivity contribution in [3.05, 3.63) is 23.8 Å². The van der Waals surface area contributed by atoms with Crippen LogP contribution in [0.3, 0.4) is 0 Å². The van der Waals surface area contributed by atoms with Gasteiger partial charge in [-0.25, -0.2) is 0 Å². The first-order chi connectivity index (χ1) is 6.02. The molecular formula is C9H9ClO3. The first-order valence-electron chi connectivity index (χ1n) is 3.72. The Bertz CT molecular complexity index is 334. The standard InChI is InChI=1S/C9H9ClO3/c1-5(10)9(13)7-3-2-6(11)4-8(7)12/h2-5,11-12H,1H3. The van der Waals surface area contributed by atoms with Crippen LogP contribution in [0.1, 0.15) is 17.3 Å². The number of aromatic hydroxyl groups is 2. The van der Waals surface area contributed by atoms with Gasteiger partial charge in [0.15, 0.2) is 5.78 Å². The van der Waals surface area contributed by atoms with E-state index in [-0.39, 0.29) is 22.8 Å². The molecule has 3 nitrogen and oxygen atoms in total. The van der Waals surface area contributed by atoms with Crippen molar-refractivity contribution in [1.29, 1.82) is 0 Å². The third-order valence-electron chi connectivity index (χ3n) is 1.61. The highest BCUT2D eigenvalue weighted by Crippen LogP contribution is 2.24. The molecule has 0 amide bonds. The quantitative estimate of drug-likeness (QED) is 0.566. The number of phenols is 2. The maximum absolute atomic E-state index is 11.3. The largest absolute Gasteiger partial charge is 0.508 e. The average molecular weight is 201 g/mol. The van der Waals surface area contributed by atoms with Crippen LogP contribution in [-0.2, 0) is 0 Å². The molecule has 0 fully saturated rings. The molecule has 0 aliphatic carbocycles. The summed E-state index contributed by atoms with van der Waals surface area (Å²) in [5.41, 5.74) is 0.125. The molecule has 70 valence electrons. The van der Waals surface area contributed by atoms with Crippen molar-refractivity contribution in [2.75, 3.05) is 0 Å². The van der Waals surface area contributed by atoms with Crippen LogP contribution in [0.5, 0.6) is 11.5 Å². The number of halogens is 1. The lowest BCUT2D eigenvalue weighted by Crippen LogP contribution is -2.10. The third-order valence-corrected chi connectivity index (χ3v) is 1.81. The molecule has 1 unspecified atom stereocenters. The molecule has 0 spiro atoms. The molecule has 0 aliphatic heterocycles. The van der Waals surface area contributed by atoms with E-state index < -0.39 is 5.38 Å². The van der Waals surface area contributed by atoms with E-state index in [0.717, 1.165) is 6.07 Å². The van der Waals surface area contributed by atoms with Gasteiger partial charge in [0.25, 0.3) is 0 Å². The Kier molecular flexibility index (Phi) is 2.78. The van der Waals surface area contributed by atoms with Gasteiger partial charge in [-0.1, -0.05) is 0 Å². The van der Waals surface area contributed by atoms with Gasteiger partial charge in [-0.3, -0.25) is 4.79 Å². The minimum Gasteiger partial charge on any atom is -0.508 e. The number of benzene rings is 1. The minimum atomic E-state index is -0.685. The second-order valence-corrected chi connectivity index (χ2v) is 3.34. The van der Waals surface area contributed by atoms with Crippen LogP contribution >= 0.6 is 11.6 Å². The van der Waals surface area contributed by atoms with E-state index in [1.807, 2.05) is 0 Å². The van der Waals surface area contributed by atoms with Crippen LogP contribution in [0, 0.1) is 0 Å². The molecule has 1 aromatic carbocycles. The van der Waals surface area contributed by atoms with E-state index in [1.54, 1.807) is 0 Å². The number of carbonyl (C=O) groups is 1. The van der Waals surface area contributed by atoms with Crippen molar-refractivity contribution < 1.29 is 15.0 Å². The second-order valence-electron chi connectivity index (χ2n) is 2.68. The molecule has 2 N–H and O–H groups in total. The fourth-order valence-corrected chi connectivity index (χ4v) is 1.06. The molecule has 0 heterocycles. The first-order valence-corrected chi connectivity index (χ1v) is 4.16. The maximum Gasteiger partial charge on any atom is 0.184 e. The van der Waals surface area contributed by atoms with E-state index in [4.69, 9.17) is 16.7 Å². The zero-order valence-electron chi connectivity index (χ0n) is 6.99. The first kappa shape index (κ1) is 9.86. The highest BCUT2D eigenvalue weighted by molar-refractivity contribution is 6.33. The summed E-state index contributed by atoms with van der Waals surface area (Å²) in [5.74, 6) is -0.701. The van der Waals surface area contributed by atoms with Gasteiger partial charge >= 0.3 is 0 Å². The highest BCUT2D eigenvalue weighted by Gasteiger charge is 2.16. The number of phenolic OH excluding ortho intramolecular Hbond substituents is 2. The molecule has 0 saturated carbocycles. The van der Waals surface area contributed by atoms with Crippen molar-refractivity contribution in [2.45, 2.75) is 12.3 Å². The van der Waals surface area contributed by atoms with Gasteiger partial charge < -0.3 is 10.2 Å². The van der Waals surface area contributed by atoms with Gasteiger partial charge in [0.1, 0.15) is 11.5 Å². The number of alkyl halides is 1. The van der Waals surface area contributed by atoms with Gasteiger partial charge in [-0.05, 0) is 19.1 Å². The van der Waals surface area contributed by atoms with E-state index >= 15 is 0 Å². The Balaban J connectivity index is 3.09. The summed E-state index contributed by atoms with van der Waals surface area (Å²) in [6.07, 6.45) is 0. The van der Waals surface area contributed by atoms with Gasteiger partial charge in [0, 0.05) is 6.07 Å². The number of carbonyl (C=O) groups excluding carboxylic acids is 1.